The maximum atomic E-state index is 12.0. The van der Waals surface area contributed by atoms with Gasteiger partial charge in [-0.3, -0.25) is 4.79 Å². The van der Waals surface area contributed by atoms with E-state index in [1.165, 1.54) is 0 Å². The molecule has 1 aromatic carbocycles. The van der Waals surface area contributed by atoms with E-state index in [4.69, 9.17) is 4.74 Å². The van der Waals surface area contributed by atoms with Crippen molar-refractivity contribution >= 4 is 21.8 Å². The van der Waals surface area contributed by atoms with Crippen LogP contribution in [0.25, 0.3) is 0 Å². The summed E-state index contributed by atoms with van der Waals surface area (Å²) in [6.07, 6.45) is 0. The van der Waals surface area contributed by atoms with Gasteiger partial charge in [0.05, 0.1) is 18.8 Å². The van der Waals surface area contributed by atoms with Gasteiger partial charge in [0.25, 0.3) is 5.91 Å². The highest BCUT2D eigenvalue weighted by Gasteiger charge is 2.10. The van der Waals surface area contributed by atoms with Crippen LogP contribution in [0.4, 0.5) is 0 Å². The molecule has 0 fully saturated rings. The number of nitrogens with zero attached hydrogens (tertiary/aromatic N) is 1. The summed E-state index contributed by atoms with van der Waals surface area (Å²) in [6, 6.07) is 5.65. The van der Waals surface area contributed by atoms with E-state index in [-0.39, 0.29) is 5.91 Å². The third kappa shape index (κ3) is 5.72. The quantitative estimate of drug-likeness (QED) is 0.779. The van der Waals surface area contributed by atoms with Crippen molar-refractivity contribution in [3.05, 3.63) is 33.8 Å². The maximum absolute atomic E-state index is 12.0. The number of likely N-dealkylation sites (N-methyl/N-ethyl adjacent to an activating group) is 1. The summed E-state index contributed by atoms with van der Waals surface area (Å²) in [4.78, 5) is 14.0. The van der Waals surface area contributed by atoms with E-state index in [0.717, 1.165) is 16.6 Å². The van der Waals surface area contributed by atoms with Crippen LogP contribution in [-0.4, -0.2) is 51.2 Å². The Morgan fingerprint density at radius 1 is 1.37 bits per heavy atom. The van der Waals surface area contributed by atoms with Gasteiger partial charge in [-0.2, -0.15) is 0 Å². The molecule has 0 aliphatic heterocycles. The van der Waals surface area contributed by atoms with Gasteiger partial charge in [-0.05, 0) is 48.6 Å². The zero-order chi connectivity index (χ0) is 14.3. The van der Waals surface area contributed by atoms with Crippen molar-refractivity contribution in [3.63, 3.8) is 0 Å². The zero-order valence-corrected chi connectivity index (χ0v) is 13.3. The molecule has 0 bridgehead atoms. The standard InChI is InChI=1S/C14H21BrN2O2/c1-11-5-4-6-12(13(11)15)14(18)16-7-9-19-10-8-17(2)3/h4-6H,7-10H2,1-3H3,(H,16,18). The summed E-state index contributed by atoms with van der Waals surface area (Å²) in [7, 11) is 4.00. The Morgan fingerprint density at radius 3 is 2.79 bits per heavy atom. The number of nitrogens with one attached hydrogen (secondary N) is 1. The van der Waals surface area contributed by atoms with Crippen LogP contribution in [0.5, 0.6) is 0 Å². The van der Waals surface area contributed by atoms with Gasteiger partial charge in [-0.1, -0.05) is 12.1 Å². The first-order valence-electron chi connectivity index (χ1n) is 6.28. The number of ether oxygens (including phenoxy) is 1. The van der Waals surface area contributed by atoms with E-state index in [2.05, 4.69) is 26.1 Å². The summed E-state index contributed by atoms with van der Waals surface area (Å²) >= 11 is 3.43. The van der Waals surface area contributed by atoms with E-state index in [9.17, 15) is 4.79 Å². The number of benzene rings is 1. The van der Waals surface area contributed by atoms with Gasteiger partial charge in [-0.25, -0.2) is 0 Å². The van der Waals surface area contributed by atoms with Crippen molar-refractivity contribution in [3.8, 4) is 0 Å². The second-order valence-corrected chi connectivity index (χ2v) is 5.40. The van der Waals surface area contributed by atoms with Crippen LogP contribution in [-0.2, 0) is 4.74 Å². The third-order valence-corrected chi connectivity index (χ3v) is 3.70. The second kappa shape index (κ2) is 8.30. The second-order valence-electron chi connectivity index (χ2n) is 4.61. The normalized spacial score (nSPS) is 10.8. The molecule has 1 amide bonds. The fraction of sp³-hybridized carbons (Fsp3) is 0.500. The molecule has 0 heterocycles. The van der Waals surface area contributed by atoms with Gasteiger partial charge in [0.15, 0.2) is 0 Å². The number of aryl methyl sites for hydroxylation is 1. The van der Waals surface area contributed by atoms with E-state index in [1.807, 2.05) is 33.2 Å². The predicted molar refractivity (Wildman–Crippen MR) is 80.6 cm³/mol. The highest BCUT2D eigenvalue weighted by molar-refractivity contribution is 9.10. The van der Waals surface area contributed by atoms with Crippen LogP contribution in [0.2, 0.25) is 0 Å². The number of hydrogen-bond acceptors (Lipinski definition) is 3. The fourth-order valence-electron chi connectivity index (χ4n) is 1.50. The summed E-state index contributed by atoms with van der Waals surface area (Å²) < 4.78 is 6.26. The molecule has 4 nitrogen and oxygen atoms in total. The Hall–Kier alpha value is -0.910. The Morgan fingerprint density at radius 2 is 2.11 bits per heavy atom. The molecule has 0 unspecified atom stereocenters. The number of amides is 1. The van der Waals surface area contributed by atoms with E-state index < -0.39 is 0 Å². The molecule has 19 heavy (non-hydrogen) atoms. The van der Waals surface area contributed by atoms with E-state index >= 15 is 0 Å². The Kier molecular flexibility index (Phi) is 7.05. The molecule has 0 atom stereocenters. The highest BCUT2D eigenvalue weighted by atomic mass is 79.9. The molecule has 0 saturated heterocycles. The fourth-order valence-corrected chi connectivity index (χ4v) is 1.95. The molecule has 0 saturated carbocycles. The van der Waals surface area contributed by atoms with Gasteiger partial charge >= 0.3 is 0 Å². The van der Waals surface area contributed by atoms with Gasteiger partial charge in [0, 0.05) is 17.6 Å². The molecule has 0 radical (unpaired) electrons. The lowest BCUT2D eigenvalue weighted by atomic mass is 10.1. The smallest absolute Gasteiger partial charge is 0.252 e. The molecular formula is C14H21BrN2O2. The number of rotatable bonds is 7. The summed E-state index contributed by atoms with van der Waals surface area (Å²) in [5.41, 5.74) is 1.71. The molecule has 0 aliphatic rings. The zero-order valence-electron chi connectivity index (χ0n) is 11.7. The first kappa shape index (κ1) is 16.1. The van der Waals surface area contributed by atoms with Crippen LogP contribution in [0.3, 0.4) is 0 Å². The largest absolute Gasteiger partial charge is 0.378 e. The van der Waals surface area contributed by atoms with Crippen molar-refractivity contribution < 1.29 is 9.53 Å². The Balaban J connectivity index is 2.30. The Labute approximate surface area is 123 Å². The van der Waals surface area contributed by atoms with Gasteiger partial charge in [0.2, 0.25) is 0 Å². The molecule has 0 aromatic heterocycles. The molecule has 0 aliphatic carbocycles. The first-order chi connectivity index (χ1) is 9.02. The number of carbonyl (C=O) groups is 1. The van der Waals surface area contributed by atoms with Crippen LogP contribution in [0, 0.1) is 6.92 Å². The summed E-state index contributed by atoms with van der Waals surface area (Å²) in [5.74, 6) is -0.0771. The molecule has 1 aromatic rings. The van der Waals surface area contributed by atoms with Crippen LogP contribution in [0.1, 0.15) is 15.9 Å². The highest BCUT2D eigenvalue weighted by Crippen LogP contribution is 2.20. The molecular weight excluding hydrogens is 308 g/mol. The maximum Gasteiger partial charge on any atom is 0.252 e. The van der Waals surface area contributed by atoms with Gasteiger partial charge in [-0.15, -0.1) is 0 Å². The first-order valence-corrected chi connectivity index (χ1v) is 7.07. The van der Waals surface area contributed by atoms with Gasteiger partial charge < -0.3 is 15.0 Å². The van der Waals surface area contributed by atoms with Crippen molar-refractivity contribution in [2.24, 2.45) is 0 Å². The number of carbonyl (C=O) groups excluding carboxylic acids is 1. The molecule has 1 rings (SSSR count). The Bertz CT molecular complexity index is 422. The van der Waals surface area contributed by atoms with Crippen molar-refractivity contribution in [1.29, 1.82) is 0 Å². The number of halogens is 1. The minimum absolute atomic E-state index is 0.0771. The predicted octanol–water partition coefficient (Wildman–Crippen LogP) is 2.07. The van der Waals surface area contributed by atoms with Crippen molar-refractivity contribution in [1.82, 2.24) is 10.2 Å². The van der Waals surface area contributed by atoms with Crippen LogP contribution >= 0.6 is 15.9 Å². The summed E-state index contributed by atoms with van der Waals surface area (Å²) in [6.45, 7) is 4.58. The minimum atomic E-state index is -0.0771. The van der Waals surface area contributed by atoms with Gasteiger partial charge in [0.1, 0.15) is 0 Å². The van der Waals surface area contributed by atoms with Crippen molar-refractivity contribution in [2.75, 3.05) is 40.4 Å². The van der Waals surface area contributed by atoms with Crippen LogP contribution in [0.15, 0.2) is 22.7 Å². The third-order valence-electron chi connectivity index (χ3n) is 2.65. The lowest BCUT2D eigenvalue weighted by Gasteiger charge is -2.11. The monoisotopic (exact) mass is 328 g/mol. The lowest BCUT2D eigenvalue weighted by molar-refractivity contribution is 0.0899. The van der Waals surface area contributed by atoms with E-state index in [1.54, 1.807) is 6.07 Å². The topological polar surface area (TPSA) is 41.6 Å². The van der Waals surface area contributed by atoms with Crippen LogP contribution < -0.4 is 5.32 Å². The average Bonchev–Trinajstić information content (AvgIpc) is 2.36. The summed E-state index contributed by atoms with van der Waals surface area (Å²) in [5, 5.41) is 2.85. The molecule has 0 spiro atoms. The molecule has 5 heteroatoms. The SMILES string of the molecule is Cc1cccc(C(=O)NCCOCCN(C)C)c1Br. The van der Waals surface area contributed by atoms with E-state index in [0.29, 0.717) is 25.3 Å². The lowest BCUT2D eigenvalue weighted by Crippen LogP contribution is -2.28. The van der Waals surface area contributed by atoms with Crippen molar-refractivity contribution in [2.45, 2.75) is 6.92 Å². The molecule has 1 N–H and O–H groups in total. The minimum Gasteiger partial charge on any atom is -0.378 e. The average molecular weight is 329 g/mol. The molecule has 106 valence electrons. The number of hydrogen-bond donors (Lipinski definition) is 1.